The second-order valence-corrected chi connectivity index (χ2v) is 36.5. The largest absolute Gasteiger partial charge is 0.398 e. The van der Waals surface area contributed by atoms with Gasteiger partial charge in [-0.1, -0.05) is 22.7 Å². The maximum atomic E-state index is 16.1. The normalized spacial score (nSPS) is 37.4. The molecule has 0 saturated carbocycles. The van der Waals surface area contributed by atoms with E-state index in [-0.39, 0.29) is 34.2 Å². The van der Waals surface area contributed by atoms with E-state index in [1.54, 1.807) is 36.7 Å². The molecule has 14 heterocycles. The average Bonchev–Trinajstić information content (AvgIpc) is 1.57. The van der Waals surface area contributed by atoms with Crippen LogP contribution in [0.25, 0.3) is 44.4 Å². The molecule has 6 saturated heterocycles. The Morgan fingerprint density at radius 3 is 1.49 bits per heavy atom. The number of thiol groups is 1. The third kappa shape index (κ3) is 12.9. The third-order valence-corrected chi connectivity index (χ3v) is 24.6. The minimum Gasteiger partial charge on any atom is -0.398 e. The van der Waals surface area contributed by atoms with Gasteiger partial charge in [0.1, 0.15) is 83.7 Å². The molecule has 0 spiro atoms. The van der Waals surface area contributed by atoms with Gasteiger partial charge in [0.05, 0.1) is 36.9 Å². The highest BCUT2D eigenvalue weighted by Crippen LogP contribution is 2.61. The van der Waals surface area contributed by atoms with Crippen molar-refractivity contribution in [3.63, 3.8) is 0 Å². The Morgan fingerprint density at radius 1 is 0.598 bits per heavy atom. The van der Waals surface area contributed by atoms with E-state index in [0.29, 0.717) is 33.4 Å². The molecule has 0 aliphatic carbocycles. The van der Waals surface area contributed by atoms with Gasteiger partial charge in [0.15, 0.2) is 47.1 Å². The highest BCUT2D eigenvalue weighted by Gasteiger charge is 2.55. The van der Waals surface area contributed by atoms with E-state index in [1.165, 1.54) is 21.5 Å². The van der Waals surface area contributed by atoms with Crippen molar-refractivity contribution in [2.75, 3.05) is 62.1 Å². The molecule has 8 aromatic rings. The molecule has 8 aromatic heterocycles. The van der Waals surface area contributed by atoms with E-state index in [2.05, 4.69) is 62.8 Å². The molecule has 14 rings (SSSR count). The van der Waals surface area contributed by atoms with Crippen LogP contribution in [0.4, 0.5) is 40.8 Å². The molecule has 48 heteroatoms. The maximum absolute atomic E-state index is 16.1. The van der Waals surface area contributed by atoms with Crippen LogP contribution in [0.2, 0.25) is 0 Å². The lowest BCUT2D eigenvalue weighted by Crippen LogP contribution is -2.36. The van der Waals surface area contributed by atoms with Gasteiger partial charge >= 0.3 is 13.5 Å². The first kappa shape index (κ1) is 66.2. The van der Waals surface area contributed by atoms with Crippen molar-refractivity contribution in [3.8, 4) is 0 Å². The standard InChI is InChI=1S/2C22H25F2N9O8P2S3/c2*23-12-11-6-38-42(35,44)7-37-15-10(40-20(13(15)24)32-4-2-8-9(25)1-3-27-17(8)32)5-39-43(36,45)41-16(12)21(46-11)33-18-14(30-31-33)19(34)29-22(26)28-18/h2*1-4,10-13,15-16,20-21H,5-7H2,(H2,25,27)(H,35,44)(H,36,45)(H3,26,28,29,34)/t2*10-,11-,12-,13+,15-,16-,20-,21-,42?,43?/m11/s1. The summed E-state index contributed by atoms with van der Waals surface area (Å²) >= 11 is 21.6. The van der Waals surface area contributed by atoms with Gasteiger partial charge in [-0.05, 0) is 59.7 Å². The minimum absolute atomic E-state index is 0.0807. The molecule has 0 radical (unpaired) electrons. The predicted octanol–water partition coefficient (Wildman–Crippen LogP) is 3.24. The van der Waals surface area contributed by atoms with Crippen LogP contribution < -0.4 is 34.1 Å². The number of ether oxygens (including phenoxy) is 4. The molecule has 20 atom stereocenters. The molecule has 4 unspecified atom stereocenters. The number of hydrogen-bond donors (Lipinski definition) is 10. The topological polar surface area (TPSA) is 463 Å². The number of thioether (sulfide) groups is 2. The molecule has 13 N–H and O–H groups in total. The lowest BCUT2D eigenvalue weighted by molar-refractivity contribution is -0.0554. The number of nitrogens with two attached hydrogens (primary N) is 4. The van der Waals surface area contributed by atoms with Gasteiger partial charge < -0.3 is 79.3 Å². The first-order valence-electron chi connectivity index (χ1n) is 26.9. The van der Waals surface area contributed by atoms with Crippen LogP contribution in [-0.2, 0) is 86.1 Å². The Balaban J connectivity index is 0.000000168. The zero-order chi connectivity index (χ0) is 65.1. The summed E-state index contributed by atoms with van der Waals surface area (Å²) in [4.78, 5) is 78.9. The monoisotopic (exact) mass is 1480 g/mol. The SMILES string of the molecule is Nc1nc2c(nnn2[C@@H]2S[C@@H]3COP(O)(=S)CO[C@H]4[C@H](F)[C@H](n5ccc6c(N)ccnc65)O[C@@H]4COP(=O)(S)O[C@@H]2[C@@H]3F)c(=O)[nH]1.Nc1nc2c(nnn2[C@@H]2S[C@@H]3COP(O)(=S)CO[C@H]4[C@H](F)[C@H](n5ccc6c(N)ccnc65)O[C@@H]4COP(O)(=S)O[C@@H]2[C@@H]3F)c(=O)[nH]1. The summed E-state index contributed by atoms with van der Waals surface area (Å²) in [6, 6.07) is 6.49. The average molecular weight is 1480 g/mol. The number of aromatic nitrogens is 14. The summed E-state index contributed by atoms with van der Waals surface area (Å²) < 4.78 is 140. The summed E-state index contributed by atoms with van der Waals surface area (Å²) in [7, 11) is 0. The number of nitrogens with zero attached hydrogens (tertiary/aromatic N) is 12. The van der Waals surface area contributed by atoms with Gasteiger partial charge in [0, 0.05) is 46.9 Å². The van der Waals surface area contributed by atoms with Gasteiger partial charge in [-0.15, -0.1) is 33.7 Å². The van der Waals surface area contributed by atoms with Crippen molar-refractivity contribution >= 4 is 165 Å². The van der Waals surface area contributed by atoms with Crippen LogP contribution in [0.15, 0.2) is 58.6 Å². The van der Waals surface area contributed by atoms with Crippen molar-refractivity contribution < 1.29 is 82.9 Å². The van der Waals surface area contributed by atoms with E-state index < -0.39 is 172 Å². The van der Waals surface area contributed by atoms with E-state index in [4.69, 9.17) is 104 Å². The van der Waals surface area contributed by atoms with Crippen molar-refractivity contribution in [2.24, 2.45) is 0 Å². The van der Waals surface area contributed by atoms with Gasteiger partial charge in [-0.3, -0.25) is 33.1 Å². The second-order valence-electron chi connectivity index (χ2n) is 21.1. The Hall–Kier alpha value is -4.43. The lowest BCUT2D eigenvalue weighted by Gasteiger charge is -2.28. The zero-order valence-electron chi connectivity index (χ0n) is 46.2. The number of H-pyrrole nitrogens is 2. The molecule has 4 bridgehead atoms. The maximum Gasteiger partial charge on any atom is 0.386 e. The predicted molar refractivity (Wildman–Crippen MR) is 336 cm³/mol. The molecular formula is C44H50F4N18O16P4S6. The highest BCUT2D eigenvalue weighted by atomic mass is 32.7. The summed E-state index contributed by atoms with van der Waals surface area (Å²) in [5.74, 6) is -0.487. The van der Waals surface area contributed by atoms with Crippen molar-refractivity contribution in [1.29, 1.82) is 0 Å². The van der Waals surface area contributed by atoms with Crippen LogP contribution in [0.3, 0.4) is 0 Å². The Labute approximate surface area is 541 Å². The number of fused-ring (bicyclic) bond motifs is 10. The van der Waals surface area contributed by atoms with E-state index in [9.17, 15) is 28.8 Å². The fourth-order valence-electron chi connectivity index (χ4n) is 10.9. The summed E-state index contributed by atoms with van der Waals surface area (Å²) in [6.45, 7) is -18.2. The van der Waals surface area contributed by atoms with Crippen LogP contribution in [0.5, 0.6) is 0 Å². The third-order valence-electron chi connectivity index (χ3n) is 15.2. The quantitative estimate of drug-likeness (QED) is 0.0687. The van der Waals surface area contributed by atoms with E-state index >= 15 is 17.6 Å². The number of rotatable bonds is 4. The second kappa shape index (κ2) is 25.5. The smallest absolute Gasteiger partial charge is 0.386 e. The molecule has 6 fully saturated rings. The summed E-state index contributed by atoms with van der Waals surface area (Å²) in [6.07, 6.45) is -13.6. The molecule has 92 heavy (non-hydrogen) atoms. The van der Waals surface area contributed by atoms with E-state index in [1.807, 2.05) is 0 Å². The van der Waals surface area contributed by atoms with Crippen molar-refractivity contribution in [1.82, 2.24) is 69.0 Å². The number of hydrogen-bond acceptors (Lipinski definition) is 30. The molecule has 6 aliphatic heterocycles. The first-order valence-corrected chi connectivity index (χ1v) is 39.8. The minimum atomic E-state index is -4.42. The van der Waals surface area contributed by atoms with Gasteiger partial charge in [-0.2, -0.15) is 9.97 Å². The molecule has 6 aliphatic rings. The molecule has 0 amide bonds. The summed E-state index contributed by atoms with van der Waals surface area (Å²) in [5, 5.41) is 12.3. The number of halogens is 4. The number of pyridine rings is 2. The number of aromatic amines is 2. The summed E-state index contributed by atoms with van der Waals surface area (Å²) in [5.41, 5.74) is 23.1. The van der Waals surface area contributed by atoms with Gasteiger partial charge in [0.25, 0.3) is 11.1 Å². The van der Waals surface area contributed by atoms with Crippen LogP contribution in [-0.4, -0.2) is 195 Å². The van der Waals surface area contributed by atoms with Crippen molar-refractivity contribution in [3.05, 3.63) is 69.8 Å². The van der Waals surface area contributed by atoms with Crippen LogP contribution in [0, 0.1) is 0 Å². The number of anilines is 4. The van der Waals surface area contributed by atoms with Crippen LogP contribution in [0.1, 0.15) is 23.2 Å². The Morgan fingerprint density at radius 2 is 1.03 bits per heavy atom. The molecular weight excluding hydrogens is 1430 g/mol. The molecule has 34 nitrogen and oxygen atoms in total. The number of alkyl halides is 4. The number of nitrogen functional groups attached to an aromatic ring is 4. The van der Waals surface area contributed by atoms with Gasteiger partial charge in [-0.25, -0.2) is 41.5 Å². The van der Waals surface area contributed by atoms with Crippen molar-refractivity contribution in [2.45, 2.75) is 95.0 Å². The van der Waals surface area contributed by atoms with E-state index in [0.717, 1.165) is 32.9 Å². The van der Waals surface area contributed by atoms with Gasteiger partial charge in [0.2, 0.25) is 24.9 Å². The molecule has 496 valence electrons. The fourth-order valence-corrected chi connectivity index (χ4v) is 19.4. The highest BCUT2D eigenvalue weighted by molar-refractivity contribution is 8.44. The number of nitrogens with one attached hydrogen (secondary N) is 2. The Bertz CT molecular complexity index is 4220. The van der Waals surface area contributed by atoms with Crippen LogP contribution >= 0.6 is 62.3 Å². The lowest BCUT2D eigenvalue weighted by atomic mass is 10.1. The molecule has 0 aromatic carbocycles. The fraction of sp³-hybridized carbons (Fsp3) is 0.500. The first-order chi connectivity index (χ1) is 43.6. The Kier molecular flexibility index (Phi) is 18.4. The zero-order valence-corrected chi connectivity index (χ0v) is 54.8.